The Bertz CT molecular complexity index is 541. The second-order valence-corrected chi connectivity index (χ2v) is 7.65. The van der Waals surface area contributed by atoms with Crippen molar-refractivity contribution in [3.63, 3.8) is 0 Å². The largest absolute Gasteiger partial charge is 0.444 e. The molecule has 1 aromatic heterocycles. The molecule has 5 nitrogen and oxygen atoms in total. The minimum Gasteiger partial charge on any atom is -0.444 e. The highest BCUT2D eigenvalue weighted by atomic mass is 16.6. The van der Waals surface area contributed by atoms with Gasteiger partial charge in [-0.1, -0.05) is 6.07 Å². The third-order valence-electron chi connectivity index (χ3n) is 4.68. The van der Waals surface area contributed by atoms with Crippen LogP contribution in [0.2, 0.25) is 0 Å². The van der Waals surface area contributed by atoms with Crippen LogP contribution in [0.1, 0.15) is 39.3 Å². The van der Waals surface area contributed by atoms with Gasteiger partial charge in [0.25, 0.3) is 0 Å². The van der Waals surface area contributed by atoms with Crippen molar-refractivity contribution < 1.29 is 9.53 Å². The van der Waals surface area contributed by atoms with Crippen LogP contribution in [0.5, 0.6) is 0 Å². The van der Waals surface area contributed by atoms with Gasteiger partial charge >= 0.3 is 6.09 Å². The van der Waals surface area contributed by atoms with Crippen LogP contribution < -0.4 is 5.32 Å². The van der Waals surface area contributed by atoms with Crippen LogP contribution >= 0.6 is 0 Å². The third kappa shape index (κ3) is 4.02. The predicted octanol–water partition coefficient (Wildman–Crippen LogP) is 2.61. The van der Waals surface area contributed by atoms with Crippen LogP contribution in [0.15, 0.2) is 24.4 Å². The summed E-state index contributed by atoms with van der Waals surface area (Å²) in [6.45, 7) is 7.52. The summed E-state index contributed by atoms with van der Waals surface area (Å²) in [6.07, 6.45) is 4.76. The van der Waals surface area contributed by atoms with E-state index in [0.717, 1.165) is 38.0 Å². The van der Waals surface area contributed by atoms with Crippen LogP contribution in [-0.4, -0.2) is 46.8 Å². The molecule has 3 unspecified atom stereocenters. The molecular weight excluding hydrogens is 290 g/mol. The highest BCUT2D eigenvalue weighted by Gasteiger charge is 2.47. The van der Waals surface area contributed by atoms with E-state index >= 15 is 0 Å². The molecule has 1 aliphatic carbocycles. The van der Waals surface area contributed by atoms with E-state index in [2.05, 4.69) is 16.4 Å². The molecule has 5 heteroatoms. The number of likely N-dealkylation sites (tertiary alicyclic amines) is 1. The first-order chi connectivity index (χ1) is 10.9. The summed E-state index contributed by atoms with van der Waals surface area (Å²) in [6, 6.07) is 6.88. The molecule has 126 valence electrons. The summed E-state index contributed by atoms with van der Waals surface area (Å²) in [4.78, 5) is 18.5. The van der Waals surface area contributed by atoms with E-state index in [9.17, 15) is 4.79 Å². The molecule has 2 bridgehead atoms. The van der Waals surface area contributed by atoms with Gasteiger partial charge in [0.2, 0.25) is 0 Å². The number of hydrogen-bond donors (Lipinski definition) is 1. The Morgan fingerprint density at radius 3 is 2.83 bits per heavy atom. The number of nitrogens with zero attached hydrogens (tertiary/aromatic N) is 2. The Balaban J connectivity index is 1.44. The fraction of sp³-hybridized carbons (Fsp3) is 0.667. The first-order valence-electron chi connectivity index (χ1n) is 8.55. The summed E-state index contributed by atoms with van der Waals surface area (Å²) >= 11 is 0. The standard InChI is InChI=1S/C18H27N3O2/c1-18(2,3)23-17(22)21-12-13-10-15(21)11-16(13)20-9-7-14-6-4-5-8-19-14/h4-6,8,13,15-16,20H,7,9-12H2,1-3H3. The lowest BCUT2D eigenvalue weighted by Crippen LogP contribution is -2.47. The van der Waals surface area contributed by atoms with E-state index in [1.165, 1.54) is 0 Å². The number of rotatable bonds is 4. The molecule has 3 rings (SSSR count). The molecule has 1 aromatic rings. The molecule has 1 saturated heterocycles. The molecule has 2 aliphatic rings. The number of hydrogen-bond acceptors (Lipinski definition) is 4. The van der Waals surface area contributed by atoms with Crippen molar-refractivity contribution in [1.82, 2.24) is 15.2 Å². The van der Waals surface area contributed by atoms with E-state index in [4.69, 9.17) is 4.74 Å². The number of carbonyl (C=O) groups excluding carboxylic acids is 1. The fourth-order valence-corrected chi connectivity index (χ4v) is 3.68. The van der Waals surface area contributed by atoms with Gasteiger partial charge in [0.15, 0.2) is 0 Å². The van der Waals surface area contributed by atoms with Gasteiger partial charge in [0, 0.05) is 43.5 Å². The zero-order valence-electron chi connectivity index (χ0n) is 14.3. The summed E-state index contributed by atoms with van der Waals surface area (Å²) in [5.41, 5.74) is 0.706. The quantitative estimate of drug-likeness (QED) is 0.927. The van der Waals surface area contributed by atoms with Crippen LogP contribution in [0.3, 0.4) is 0 Å². The number of piperidine rings is 1. The van der Waals surface area contributed by atoms with Gasteiger partial charge in [-0.2, -0.15) is 0 Å². The Kier molecular flexibility index (Phi) is 4.57. The van der Waals surface area contributed by atoms with E-state index in [-0.39, 0.29) is 6.09 Å². The number of pyridine rings is 1. The van der Waals surface area contributed by atoms with Crippen molar-refractivity contribution in [2.24, 2.45) is 5.92 Å². The molecule has 2 heterocycles. The molecular formula is C18H27N3O2. The Hall–Kier alpha value is -1.62. The normalized spacial score (nSPS) is 26.6. The number of fused-ring (bicyclic) bond motifs is 2. The smallest absolute Gasteiger partial charge is 0.410 e. The molecule has 0 radical (unpaired) electrons. The fourth-order valence-electron chi connectivity index (χ4n) is 3.68. The van der Waals surface area contributed by atoms with Crippen LogP contribution in [0.4, 0.5) is 4.79 Å². The average molecular weight is 317 g/mol. The molecule has 1 N–H and O–H groups in total. The molecule has 1 saturated carbocycles. The number of nitrogens with one attached hydrogen (secondary N) is 1. The third-order valence-corrected chi connectivity index (χ3v) is 4.68. The van der Waals surface area contributed by atoms with Gasteiger partial charge < -0.3 is 15.0 Å². The lowest BCUT2D eigenvalue weighted by atomic mass is 10.0. The van der Waals surface area contributed by atoms with Crippen LogP contribution in [-0.2, 0) is 11.2 Å². The lowest BCUT2D eigenvalue weighted by molar-refractivity contribution is 0.0175. The van der Waals surface area contributed by atoms with E-state index in [0.29, 0.717) is 18.0 Å². The zero-order chi connectivity index (χ0) is 16.4. The maximum absolute atomic E-state index is 12.2. The van der Waals surface area contributed by atoms with Crippen molar-refractivity contribution in [1.29, 1.82) is 0 Å². The van der Waals surface area contributed by atoms with Gasteiger partial charge in [0.1, 0.15) is 5.60 Å². The molecule has 0 aromatic carbocycles. The average Bonchev–Trinajstić information content (AvgIpc) is 3.06. The molecule has 2 fully saturated rings. The maximum Gasteiger partial charge on any atom is 0.410 e. The van der Waals surface area contributed by atoms with E-state index in [1.807, 2.05) is 44.0 Å². The van der Waals surface area contributed by atoms with E-state index in [1.54, 1.807) is 0 Å². The summed E-state index contributed by atoms with van der Waals surface area (Å²) < 4.78 is 5.51. The predicted molar refractivity (Wildman–Crippen MR) is 89.2 cm³/mol. The molecule has 1 amide bonds. The van der Waals surface area contributed by atoms with Crippen molar-refractivity contribution >= 4 is 6.09 Å². The van der Waals surface area contributed by atoms with Crippen molar-refractivity contribution in [3.05, 3.63) is 30.1 Å². The summed E-state index contributed by atoms with van der Waals surface area (Å²) in [5.74, 6) is 0.552. The van der Waals surface area contributed by atoms with Crippen LogP contribution in [0.25, 0.3) is 0 Å². The van der Waals surface area contributed by atoms with Crippen molar-refractivity contribution in [3.8, 4) is 0 Å². The van der Waals surface area contributed by atoms with Gasteiger partial charge in [-0.15, -0.1) is 0 Å². The second-order valence-electron chi connectivity index (χ2n) is 7.65. The van der Waals surface area contributed by atoms with Crippen LogP contribution in [0, 0.1) is 5.92 Å². The first kappa shape index (κ1) is 16.2. The second kappa shape index (κ2) is 6.48. The zero-order valence-corrected chi connectivity index (χ0v) is 14.3. The highest BCUT2D eigenvalue weighted by Crippen LogP contribution is 2.38. The lowest BCUT2D eigenvalue weighted by Gasteiger charge is -2.33. The highest BCUT2D eigenvalue weighted by molar-refractivity contribution is 5.69. The Labute approximate surface area is 138 Å². The minimum atomic E-state index is -0.417. The number of aromatic nitrogens is 1. The number of ether oxygens (including phenoxy) is 1. The van der Waals surface area contributed by atoms with Crippen molar-refractivity contribution in [2.75, 3.05) is 13.1 Å². The Morgan fingerprint density at radius 2 is 2.22 bits per heavy atom. The number of carbonyl (C=O) groups is 1. The minimum absolute atomic E-state index is 0.156. The van der Waals surface area contributed by atoms with Gasteiger partial charge in [-0.3, -0.25) is 4.98 Å². The van der Waals surface area contributed by atoms with Gasteiger partial charge in [0.05, 0.1) is 0 Å². The molecule has 23 heavy (non-hydrogen) atoms. The topological polar surface area (TPSA) is 54.5 Å². The maximum atomic E-state index is 12.2. The number of amides is 1. The Morgan fingerprint density at radius 1 is 1.39 bits per heavy atom. The van der Waals surface area contributed by atoms with Gasteiger partial charge in [-0.25, -0.2) is 4.79 Å². The molecule has 1 aliphatic heterocycles. The van der Waals surface area contributed by atoms with E-state index < -0.39 is 5.60 Å². The summed E-state index contributed by atoms with van der Waals surface area (Å²) in [5, 5.41) is 3.65. The monoisotopic (exact) mass is 317 g/mol. The van der Waals surface area contributed by atoms with Crippen molar-refractivity contribution in [2.45, 2.75) is 57.7 Å². The van der Waals surface area contributed by atoms with Gasteiger partial charge in [-0.05, 0) is 51.7 Å². The SMILES string of the molecule is CC(C)(C)OC(=O)N1CC2CC1CC2NCCc1ccccn1. The molecule has 3 atom stereocenters. The first-order valence-corrected chi connectivity index (χ1v) is 8.55. The molecule has 0 spiro atoms. The summed E-state index contributed by atoms with van der Waals surface area (Å²) in [7, 11) is 0.